The van der Waals surface area contributed by atoms with Crippen LogP contribution < -0.4 is 5.32 Å². The number of unbranched alkanes of at least 4 members (excludes halogenated alkanes) is 1. The molecule has 4 nitrogen and oxygen atoms in total. The van der Waals surface area contributed by atoms with Crippen molar-refractivity contribution in [1.82, 2.24) is 14.5 Å². The molecule has 0 saturated carbocycles. The summed E-state index contributed by atoms with van der Waals surface area (Å²) in [5.74, 6) is 0.903. The van der Waals surface area contributed by atoms with Crippen molar-refractivity contribution in [3.8, 4) is 5.69 Å². The summed E-state index contributed by atoms with van der Waals surface area (Å²) in [7, 11) is 0. The van der Waals surface area contributed by atoms with Crippen LogP contribution in [0.3, 0.4) is 0 Å². The van der Waals surface area contributed by atoms with Gasteiger partial charge in [-0.15, -0.1) is 0 Å². The molecule has 2 heterocycles. The topological polar surface area (TPSA) is 42.7 Å². The van der Waals surface area contributed by atoms with Gasteiger partial charge in [-0.05, 0) is 39.3 Å². The van der Waals surface area contributed by atoms with E-state index in [-0.39, 0.29) is 0 Å². The van der Waals surface area contributed by atoms with Gasteiger partial charge in [0.25, 0.3) is 0 Å². The predicted molar refractivity (Wildman–Crippen MR) is 79.0 cm³/mol. The highest BCUT2D eigenvalue weighted by atomic mass is 15.2. The van der Waals surface area contributed by atoms with Gasteiger partial charge in [0.2, 0.25) is 5.95 Å². The number of hydrogen-bond donors (Lipinski definition) is 1. The molecule has 1 N–H and O–H groups in total. The number of rotatable bonds is 5. The molecule has 0 spiro atoms. The summed E-state index contributed by atoms with van der Waals surface area (Å²) in [4.78, 5) is 9.07. The number of nitrogens with zero attached hydrogens (tertiary/aromatic N) is 3. The Morgan fingerprint density at radius 1 is 1.11 bits per heavy atom. The fourth-order valence-corrected chi connectivity index (χ4v) is 2.12. The Labute approximate surface area is 114 Å². The molecule has 0 bridgehead atoms. The Bertz CT molecular complexity index is 557. The van der Waals surface area contributed by atoms with Crippen LogP contribution in [0.25, 0.3) is 5.69 Å². The van der Waals surface area contributed by atoms with Gasteiger partial charge in [-0.25, -0.2) is 4.98 Å². The minimum Gasteiger partial charge on any atom is -0.355 e. The van der Waals surface area contributed by atoms with Gasteiger partial charge in [0.1, 0.15) is 0 Å². The second-order valence-electron chi connectivity index (χ2n) is 4.91. The average Bonchev–Trinajstić information content (AvgIpc) is 2.71. The molecule has 2 rings (SSSR count). The lowest BCUT2D eigenvalue weighted by molar-refractivity contribution is 0.822. The molecular formula is C15H22N4. The zero-order valence-corrected chi connectivity index (χ0v) is 12.2. The molecule has 102 valence electrons. The van der Waals surface area contributed by atoms with Crippen molar-refractivity contribution < 1.29 is 0 Å². The van der Waals surface area contributed by atoms with Crippen LogP contribution in [0, 0.1) is 20.8 Å². The highest BCUT2D eigenvalue weighted by molar-refractivity contribution is 5.45. The first-order valence-corrected chi connectivity index (χ1v) is 6.86. The summed E-state index contributed by atoms with van der Waals surface area (Å²) in [5, 5.41) is 3.40. The Morgan fingerprint density at radius 3 is 2.58 bits per heavy atom. The molecule has 0 fully saturated rings. The molecule has 0 saturated heterocycles. The zero-order chi connectivity index (χ0) is 13.8. The summed E-state index contributed by atoms with van der Waals surface area (Å²) in [6.45, 7) is 9.20. The highest BCUT2D eigenvalue weighted by Gasteiger charge is 2.09. The van der Waals surface area contributed by atoms with Crippen molar-refractivity contribution in [3.05, 3.63) is 35.4 Å². The van der Waals surface area contributed by atoms with Gasteiger partial charge < -0.3 is 5.32 Å². The molecule has 2 aromatic heterocycles. The van der Waals surface area contributed by atoms with E-state index in [1.54, 1.807) is 0 Å². The second-order valence-corrected chi connectivity index (χ2v) is 4.91. The minimum atomic E-state index is 0.903. The molecule has 0 unspecified atom stereocenters. The largest absolute Gasteiger partial charge is 0.355 e. The average molecular weight is 258 g/mol. The maximum atomic E-state index is 4.55. The SMILES string of the molecule is CCCCNc1nc(C)cn1-c1ccc(C)nc1C. The number of aryl methyl sites for hydroxylation is 3. The summed E-state index contributed by atoms with van der Waals surface area (Å²) in [6.07, 6.45) is 4.38. The van der Waals surface area contributed by atoms with Crippen molar-refractivity contribution in [1.29, 1.82) is 0 Å². The monoisotopic (exact) mass is 258 g/mol. The van der Waals surface area contributed by atoms with Crippen molar-refractivity contribution in [3.63, 3.8) is 0 Å². The Kier molecular flexibility index (Phi) is 4.20. The van der Waals surface area contributed by atoms with Crippen molar-refractivity contribution in [2.24, 2.45) is 0 Å². The Hall–Kier alpha value is -1.84. The first-order valence-electron chi connectivity index (χ1n) is 6.86. The molecule has 19 heavy (non-hydrogen) atoms. The smallest absolute Gasteiger partial charge is 0.207 e. The third-order valence-electron chi connectivity index (χ3n) is 3.10. The van der Waals surface area contributed by atoms with Crippen LogP contribution in [-0.4, -0.2) is 21.1 Å². The number of hydrogen-bond acceptors (Lipinski definition) is 3. The lowest BCUT2D eigenvalue weighted by atomic mass is 10.2. The van der Waals surface area contributed by atoms with E-state index in [0.29, 0.717) is 0 Å². The molecule has 0 radical (unpaired) electrons. The van der Waals surface area contributed by atoms with Crippen LogP contribution >= 0.6 is 0 Å². The van der Waals surface area contributed by atoms with Gasteiger partial charge in [-0.1, -0.05) is 13.3 Å². The zero-order valence-electron chi connectivity index (χ0n) is 12.2. The predicted octanol–water partition coefficient (Wildman–Crippen LogP) is 3.40. The van der Waals surface area contributed by atoms with Crippen LogP contribution in [0.2, 0.25) is 0 Å². The first kappa shape index (κ1) is 13.6. The van der Waals surface area contributed by atoms with Crippen molar-refractivity contribution in [2.75, 3.05) is 11.9 Å². The number of imidazole rings is 1. The second kappa shape index (κ2) is 5.87. The summed E-state index contributed by atoms with van der Waals surface area (Å²) in [5.41, 5.74) is 4.17. The molecule has 2 aromatic rings. The van der Waals surface area contributed by atoms with Gasteiger partial charge in [-0.3, -0.25) is 9.55 Å². The Morgan fingerprint density at radius 2 is 1.89 bits per heavy atom. The van der Waals surface area contributed by atoms with Gasteiger partial charge in [0.05, 0.1) is 17.1 Å². The van der Waals surface area contributed by atoms with E-state index in [2.05, 4.69) is 32.8 Å². The molecule has 0 aromatic carbocycles. The first-order chi connectivity index (χ1) is 9.11. The van der Waals surface area contributed by atoms with Crippen LogP contribution in [0.1, 0.15) is 36.8 Å². The van der Waals surface area contributed by atoms with E-state index in [0.717, 1.165) is 41.7 Å². The molecule has 0 aliphatic carbocycles. The maximum Gasteiger partial charge on any atom is 0.207 e. The molecule has 0 amide bonds. The lowest BCUT2D eigenvalue weighted by Crippen LogP contribution is -2.08. The van der Waals surface area contributed by atoms with E-state index >= 15 is 0 Å². The number of anilines is 1. The normalized spacial score (nSPS) is 10.7. The van der Waals surface area contributed by atoms with Gasteiger partial charge in [0, 0.05) is 18.4 Å². The Balaban J connectivity index is 2.32. The van der Waals surface area contributed by atoms with Gasteiger partial charge >= 0.3 is 0 Å². The summed E-state index contributed by atoms with van der Waals surface area (Å²) < 4.78 is 2.09. The number of nitrogens with one attached hydrogen (secondary N) is 1. The van der Waals surface area contributed by atoms with Crippen LogP contribution in [0.5, 0.6) is 0 Å². The maximum absolute atomic E-state index is 4.55. The molecule has 0 atom stereocenters. The van der Waals surface area contributed by atoms with E-state index in [9.17, 15) is 0 Å². The summed E-state index contributed by atoms with van der Waals surface area (Å²) in [6, 6.07) is 4.14. The standard InChI is InChI=1S/C15H22N4/c1-5-6-9-16-15-18-12(3)10-19(15)14-8-7-11(2)17-13(14)4/h7-8,10H,5-6,9H2,1-4H3,(H,16,18). The van der Waals surface area contributed by atoms with Crippen molar-refractivity contribution >= 4 is 5.95 Å². The lowest BCUT2D eigenvalue weighted by Gasteiger charge is -2.11. The third-order valence-corrected chi connectivity index (χ3v) is 3.10. The van der Waals surface area contributed by atoms with Crippen LogP contribution in [-0.2, 0) is 0 Å². The van der Waals surface area contributed by atoms with E-state index in [1.165, 1.54) is 6.42 Å². The third kappa shape index (κ3) is 3.13. The van der Waals surface area contributed by atoms with Crippen LogP contribution in [0.15, 0.2) is 18.3 Å². The fourth-order valence-electron chi connectivity index (χ4n) is 2.12. The molecule has 0 aliphatic rings. The van der Waals surface area contributed by atoms with Crippen molar-refractivity contribution in [2.45, 2.75) is 40.5 Å². The molecular weight excluding hydrogens is 236 g/mol. The van der Waals surface area contributed by atoms with Crippen LogP contribution in [0.4, 0.5) is 5.95 Å². The number of pyridine rings is 1. The highest BCUT2D eigenvalue weighted by Crippen LogP contribution is 2.19. The van der Waals surface area contributed by atoms with E-state index < -0.39 is 0 Å². The van der Waals surface area contributed by atoms with Gasteiger partial charge in [-0.2, -0.15) is 0 Å². The quantitative estimate of drug-likeness (QED) is 0.836. The van der Waals surface area contributed by atoms with E-state index in [1.807, 2.05) is 33.0 Å². The molecule has 0 aliphatic heterocycles. The van der Waals surface area contributed by atoms with Gasteiger partial charge in [0.15, 0.2) is 0 Å². The minimum absolute atomic E-state index is 0.903. The van der Waals surface area contributed by atoms with E-state index in [4.69, 9.17) is 0 Å². The number of aromatic nitrogens is 3. The molecule has 4 heteroatoms. The fraction of sp³-hybridized carbons (Fsp3) is 0.467. The summed E-state index contributed by atoms with van der Waals surface area (Å²) >= 11 is 0.